The summed E-state index contributed by atoms with van der Waals surface area (Å²) in [6.45, 7) is 1.62. The summed E-state index contributed by atoms with van der Waals surface area (Å²) in [5, 5.41) is 18.5. The van der Waals surface area contributed by atoms with Crippen LogP contribution < -0.4 is 4.74 Å². The van der Waals surface area contributed by atoms with Crippen molar-refractivity contribution in [2.24, 2.45) is 0 Å². The lowest BCUT2D eigenvalue weighted by atomic mass is 10.1. The number of benzene rings is 1. The molecule has 0 aromatic heterocycles. The van der Waals surface area contributed by atoms with Gasteiger partial charge in [0.05, 0.1) is 17.1 Å². The van der Waals surface area contributed by atoms with Gasteiger partial charge in [0.1, 0.15) is 18.0 Å². The molecule has 0 radical (unpaired) electrons. The van der Waals surface area contributed by atoms with Gasteiger partial charge in [-0.05, 0) is 30.7 Å². The van der Waals surface area contributed by atoms with E-state index in [0.717, 1.165) is 0 Å². The Balaban J connectivity index is 2.17. The monoisotopic (exact) mass is 286 g/mol. The van der Waals surface area contributed by atoms with Gasteiger partial charge in [0.2, 0.25) is 0 Å². The Hall–Kier alpha value is -1.60. The molecule has 0 saturated carbocycles. The maximum atomic E-state index is 11.3. The van der Waals surface area contributed by atoms with Crippen LogP contribution in [0.5, 0.6) is 5.75 Å². The number of ether oxygens (including phenoxy) is 1. The van der Waals surface area contributed by atoms with Crippen molar-refractivity contribution in [3.8, 4) is 5.75 Å². The molecule has 2 unspecified atom stereocenters. The van der Waals surface area contributed by atoms with Crippen molar-refractivity contribution in [1.82, 2.24) is 0 Å². The van der Waals surface area contributed by atoms with Crippen molar-refractivity contribution in [3.05, 3.63) is 29.3 Å². The number of aliphatic hydroxyl groups is 1. The Morgan fingerprint density at radius 3 is 2.53 bits per heavy atom. The molecule has 2 rings (SSSR count). The van der Waals surface area contributed by atoms with Crippen LogP contribution in [0.4, 0.5) is 0 Å². The van der Waals surface area contributed by atoms with Gasteiger partial charge in [0.25, 0.3) is 0 Å². The van der Waals surface area contributed by atoms with E-state index in [-0.39, 0.29) is 17.1 Å². The predicted molar refractivity (Wildman–Crippen MR) is 67.2 cm³/mol. The number of carboxylic acids is 1. The molecule has 0 bridgehead atoms. The Bertz CT molecular complexity index is 607. The minimum atomic E-state index is -3.27. The zero-order chi connectivity index (χ0) is 14.2. The maximum Gasteiger partial charge on any atom is 0.335 e. The predicted octanol–water partition coefficient (Wildman–Crippen LogP) is 0.230. The van der Waals surface area contributed by atoms with Crippen molar-refractivity contribution >= 4 is 15.8 Å². The van der Waals surface area contributed by atoms with E-state index >= 15 is 0 Å². The second-order valence-electron chi connectivity index (χ2n) is 4.58. The first-order valence-corrected chi connectivity index (χ1v) is 7.50. The highest BCUT2D eigenvalue weighted by Crippen LogP contribution is 2.22. The van der Waals surface area contributed by atoms with Crippen LogP contribution in [-0.4, -0.2) is 48.3 Å². The van der Waals surface area contributed by atoms with E-state index in [9.17, 15) is 18.3 Å². The number of rotatable bonds is 3. The van der Waals surface area contributed by atoms with E-state index in [1.165, 1.54) is 18.2 Å². The topological polar surface area (TPSA) is 101 Å². The van der Waals surface area contributed by atoms with E-state index in [2.05, 4.69) is 0 Å². The zero-order valence-electron chi connectivity index (χ0n) is 10.2. The van der Waals surface area contributed by atoms with Crippen LogP contribution in [0.2, 0.25) is 0 Å². The van der Waals surface area contributed by atoms with Crippen molar-refractivity contribution < 1.29 is 28.2 Å². The molecule has 1 heterocycles. The first-order chi connectivity index (χ1) is 8.78. The Morgan fingerprint density at radius 2 is 2.05 bits per heavy atom. The van der Waals surface area contributed by atoms with Crippen molar-refractivity contribution in [2.75, 3.05) is 11.5 Å². The second kappa shape index (κ2) is 4.82. The Kier molecular flexibility index (Phi) is 3.51. The number of aromatic carboxylic acids is 1. The maximum absolute atomic E-state index is 11.3. The fourth-order valence-electron chi connectivity index (χ4n) is 2.03. The average molecular weight is 286 g/mol. The molecule has 1 aromatic rings. The molecule has 19 heavy (non-hydrogen) atoms. The summed E-state index contributed by atoms with van der Waals surface area (Å²) in [7, 11) is -3.27. The summed E-state index contributed by atoms with van der Waals surface area (Å²) >= 11 is 0. The van der Waals surface area contributed by atoms with Crippen molar-refractivity contribution in [2.45, 2.75) is 19.1 Å². The lowest BCUT2D eigenvalue weighted by Crippen LogP contribution is -2.29. The minimum Gasteiger partial charge on any atom is -0.487 e. The molecule has 2 atom stereocenters. The minimum absolute atomic E-state index is 0.159. The first-order valence-electron chi connectivity index (χ1n) is 5.67. The van der Waals surface area contributed by atoms with Gasteiger partial charge in [-0.1, -0.05) is 0 Å². The largest absolute Gasteiger partial charge is 0.487 e. The molecule has 0 aliphatic carbocycles. The van der Waals surface area contributed by atoms with Gasteiger partial charge in [-0.25, -0.2) is 13.2 Å². The Morgan fingerprint density at radius 1 is 1.37 bits per heavy atom. The van der Waals surface area contributed by atoms with E-state index < -0.39 is 28.0 Å². The number of hydrogen-bond acceptors (Lipinski definition) is 5. The third kappa shape index (κ3) is 3.05. The molecule has 2 N–H and O–H groups in total. The third-order valence-electron chi connectivity index (χ3n) is 2.99. The molecule has 1 saturated heterocycles. The van der Waals surface area contributed by atoms with Gasteiger partial charge in [-0.15, -0.1) is 0 Å². The highest BCUT2D eigenvalue weighted by Gasteiger charge is 2.38. The van der Waals surface area contributed by atoms with Crippen molar-refractivity contribution in [3.63, 3.8) is 0 Å². The van der Waals surface area contributed by atoms with Gasteiger partial charge in [0, 0.05) is 0 Å². The standard InChI is InChI=1S/C12H14O6S/c1-7-4-8(2-3-9(7)12(14)15)18-11-6-19(16,17)5-10(11)13/h2-4,10-11,13H,5-6H2,1H3,(H,14,15). The van der Waals surface area contributed by atoms with Gasteiger partial charge in [-0.2, -0.15) is 0 Å². The number of aliphatic hydroxyl groups excluding tert-OH is 1. The van der Waals surface area contributed by atoms with Crippen LogP contribution in [0, 0.1) is 6.92 Å². The molecular weight excluding hydrogens is 272 g/mol. The number of carboxylic acid groups (broad SMARTS) is 1. The van der Waals surface area contributed by atoms with E-state index in [4.69, 9.17) is 9.84 Å². The summed E-state index contributed by atoms with van der Waals surface area (Å²) in [6, 6.07) is 4.36. The molecule has 1 aromatic carbocycles. The zero-order valence-corrected chi connectivity index (χ0v) is 11.1. The number of hydrogen-bond donors (Lipinski definition) is 2. The summed E-state index contributed by atoms with van der Waals surface area (Å²) in [5.41, 5.74) is 0.673. The van der Waals surface area contributed by atoms with Gasteiger partial charge >= 0.3 is 5.97 Å². The van der Waals surface area contributed by atoms with Gasteiger partial charge in [-0.3, -0.25) is 0 Å². The highest BCUT2D eigenvalue weighted by molar-refractivity contribution is 7.91. The SMILES string of the molecule is Cc1cc(OC2CS(=O)(=O)CC2O)ccc1C(=O)O. The van der Waals surface area contributed by atoms with E-state index in [0.29, 0.717) is 11.3 Å². The molecule has 0 amide bonds. The molecule has 1 aliphatic rings. The smallest absolute Gasteiger partial charge is 0.335 e. The normalized spacial score (nSPS) is 25.2. The van der Waals surface area contributed by atoms with Crippen LogP contribution in [0.3, 0.4) is 0 Å². The second-order valence-corrected chi connectivity index (χ2v) is 6.74. The summed E-state index contributed by atoms with van der Waals surface area (Å²) < 4.78 is 28.1. The quantitative estimate of drug-likeness (QED) is 0.825. The van der Waals surface area contributed by atoms with Crippen LogP contribution in [0.1, 0.15) is 15.9 Å². The van der Waals surface area contributed by atoms with Crippen LogP contribution in [-0.2, 0) is 9.84 Å². The average Bonchev–Trinajstić information content (AvgIpc) is 2.51. The Labute approximate surface area is 110 Å². The summed E-state index contributed by atoms with van der Waals surface area (Å²) in [5.74, 6) is -1.21. The molecule has 104 valence electrons. The molecule has 1 fully saturated rings. The summed E-state index contributed by atoms with van der Waals surface area (Å²) in [6.07, 6.45) is -1.86. The first kappa shape index (κ1) is 13.8. The molecular formula is C12H14O6S. The number of aryl methyl sites for hydroxylation is 1. The number of sulfone groups is 1. The van der Waals surface area contributed by atoms with Crippen LogP contribution in [0.25, 0.3) is 0 Å². The molecule has 7 heteroatoms. The van der Waals surface area contributed by atoms with Gasteiger partial charge < -0.3 is 14.9 Å². The number of carbonyl (C=O) groups is 1. The van der Waals surface area contributed by atoms with Gasteiger partial charge in [0.15, 0.2) is 9.84 Å². The summed E-state index contributed by atoms with van der Waals surface area (Å²) in [4.78, 5) is 10.9. The third-order valence-corrected chi connectivity index (χ3v) is 4.67. The lowest BCUT2D eigenvalue weighted by Gasteiger charge is -2.16. The van der Waals surface area contributed by atoms with Crippen molar-refractivity contribution in [1.29, 1.82) is 0 Å². The molecule has 0 spiro atoms. The molecule has 1 aliphatic heterocycles. The van der Waals surface area contributed by atoms with E-state index in [1.807, 2.05) is 0 Å². The fourth-order valence-corrected chi connectivity index (χ4v) is 3.70. The highest BCUT2D eigenvalue weighted by atomic mass is 32.2. The van der Waals surface area contributed by atoms with E-state index in [1.54, 1.807) is 6.92 Å². The molecule has 6 nitrogen and oxygen atoms in total. The van der Waals surface area contributed by atoms with Crippen LogP contribution >= 0.6 is 0 Å². The van der Waals surface area contributed by atoms with Crippen LogP contribution in [0.15, 0.2) is 18.2 Å². The lowest BCUT2D eigenvalue weighted by molar-refractivity contribution is 0.0692. The fraction of sp³-hybridized carbons (Fsp3) is 0.417.